The highest BCUT2D eigenvalue weighted by Crippen LogP contribution is 2.38. The SMILES string of the molecule is Cc1noc(-c2cc(C)c(-n3cc(-c4nc(C5CCOCC5)oc4-c4ccc(F)cc4F)ccc3=O)c(C)c2)n1. The summed E-state index contributed by atoms with van der Waals surface area (Å²) in [6, 6.07) is 10.2. The average Bonchev–Trinajstić information content (AvgIpc) is 3.57. The fourth-order valence-corrected chi connectivity index (χ4v) is 5.18. The van der Waals surface area contributed by atoms with Crippen LogP contribution in [0.15, 0.2) is 62.4 Å². The predicted molar refractivity (Wildman–Crippen MR) is 143 cm³/mol. The zero-order valence-corrected chi connectivity index (χ0v) is 22.2. The molecule has 0 radical (unpaired) electrons. The predicted octanol–water partition coefficient (Wildman–Crippen LogP) is 6.31. The maximum atomic E-state index is 15.0. The van der Waals surface area contributed by atoms with Gasteiger partial charge in [0, 0.05) is 48.6 Å². The van der Waals surface area contributed by atoms with Gasteiger partial charge in [-0.3, -0.25) is 9.36 Å². The molecule has 3 aromatic heterocycles. The van der Waals surface area contributed by atoms with E-state index in [0.29, 0.717) is 47.8 Å². The highest BCUT2D eigenvalue weighted by Gasteiger charge is 2.27. The van der Waals surface area contributed by atoms with Gasteiger partial charge in [-0.15, -0.1) is 0 Å². The summed E-state index contributed by atoms with van der Waals surface area (Å²) >= 11 is 0. The van der Waals surface area contributed by atoms with E-state index in [-0.39, 0.29) is 22.8 Å². The van der Waals surface area contributed by atoms with Crippen molar-refractivity contribution in [2.75, 3.05) is 13.2 Å². The molecule has 1 aliphatic heterocycles. The van der Waals surface area contributed by atoms with Gasteiger partial charge in [0.25, 0.3) is 11.4 Å². The molecule has 0 amide bonds. The van der Waals surface area contributed by atoms with E-state index in [2.05, 4.69) is 10.1 Å². The van der Waals surface area contributed by atoms with Gasteiger partial charge in [-0.25, -0.2) is 13.8 Å². The van der Waals surface area contributed by atoms with Crippen LogP contribution in [0.3, 0.4) is 0 Å². The van der Waals surface area contributed by atoms with Crippen LogP contribution >= 0.6 is 0 Å². The zero-order valence-electron chi connectivity index (χ0n) is 22.2. The smallest absolute Gasteiger partial charge is 0.257 e. The number of aromatic nitrogens is 4. The molecule has 5 aromatic rings. The van der Waals surface area contributed by atoms with Crippen LogP contribution in [0.25, 0.3) is 39.7 Å². The molecule has 0 N–H and O–H groups in total. The average molecular weight is 545 g/mol. The largest absolute Gasteiger partial charge is 0.440 e. The molecular weight excluding hydrogens is 518 g/mol. The molecule has 6 rings (SSSR count). The Bertz CT molecular complexity index is 1760. The van der Waals surface area contributed by atoms with Crippen molar-refractivity contribution in [1.29, 1.82) is 0 Å². The lowest BCUT2D eigenvalue weighted by Crippen LogP contribution is -2.18. The lowest BCUT2D eigenvalue weighted by molar-refractivity contribution is 0.0796. The Balaban J connectivity index is 1.49. The van der Waals surface area contributed by atoms with Gasteiger partial charge < -0.3 is 13.7 Å². The van der Waals surface area contributed by atoms with Gasteiger partial charge >= 0.3 is 0 Å². The number of ether oxygens (including phenoxy) is 1. The van der Waals surface area contributed by atoms with Gasteiger partial charge in [0.15, 0.2) is 17.5 Å². The Labute approximate surface area is 228 Å². The molecule has 2 aromatic carbocycles. The van der Waals surface area contributed by atoms with Gasteiger partial charge in [-0.1, -0.05) is 5.16 Å². The number of aryl methyl sites for hydroxylation is 3. The van der Waals surface area contributed by atoms with Crippen LogP contribution in [-0.4, -0.2) is 32.9 Å². The summed E-state index contributed by atoms with van der Waals surface area (Å²) in [5.41, 5.74) is 3.83. The van der Waals surface area contributed by atoms with Crippen molar-refractivity contribution < 1.29 is 22.5 Å². The molecule has 0 saturated carbocycles. The Morgan fingerprint density at radius 2 is 1.68 bits per heavy atom. The first-order valence-electron chi connectivity index (χ1n) is 13.0. The number of benzene rings is 2. The molecule has 40 heavy (non-hydrogen) atoms. The van der Waals surface area contributed by atoms with Crippen LogP contribution in [0.2, 0.25) is 0 Å². The Hall–Kier alpha value is -4.44. The standard InChI is InChI=1S/C30H26F2N4O4/c1-16-12-21(30-33-18(3)35-40-30)13-17(2)27(16)36-15-20(4-7-25(36)37)26-28(23-6-5-22(31)14-24(23)32)39-29(34-26)19-8-10-38-11-9-19/h4-7,12-15,19H,8-11H2,1-3H3. The molecule has 0 bridgehead atoms. The first-order chi connectivity index (χ1) is 19.3. The Morgan fingerprint density at radius 3 is 2.35 bits per heavy atom. The van der Waals surface area contributed by atoms with Crippen LogP contribution in [0.4, 0.5) is 8.78 Å². The van der Waals surface area contributed by atoms with Gasteiger partial charge in [-0.2, -0.15) is 4.98 Å². The van der Waals surface area contributed by atoms with Crippen molar-refractivity contribution >= 4 is 0 Å². The van der Waals surface area contributed by atoms with E-state index in [1.54, 1.807) is 19.2 Å². The topological polar surface area (TPSA) is 96.2 Å². The third-order valence-corrected chi connectivity index (χ3v) is 7.08. The molecule has 1 saturated heterocycles. The fraction of sp³-hybridized carbons (Fsp3) is 0.267. The van der Waals surface area contributed by atoms with E-state index in [1.165, 1.54) is 22.8 Å². The van der Waals surface area contributed by atoms with Crippen molar-refractivity contribution in [2.24, 2.45) is 0 Å². The molecule has 0 spiro atoms. The second-order valence-electron chi connectivity index (χ2n) is 9.97. The van der Waals surface area contributed by atoms with Crippen LogP contribution in [0.5, 0.6) is 0 Å². The summed E-state index contributed by atoms with van der Waals surface area (Å²) < 4.78 is 47.2. The van der Waals surface area contributed by atoms with Crippen molar-refractivity contribution in [3.8, 4) is 39.7 Å². The number of hydrogen-bond donors (Lipinski definition) is 0. The number of hydrogen-bond acceptors (Lipinski definition) is 7. The number of oxazole rings is 1. The third-order valence-electron chi connectivity index (χ3n) is 7.08. The molecule has 0 unspecified atom stereocenters. The summed E-state index contributed by atoms with van der Waals surface area (Å²) in [7, 11) is 0. The molecule has 8 nitrogen and oxygen atoms in total. The van der Waals surface area contributed by atoms with Crippen molar-refractivity contribution in [2.45, 2.75) is 39.5 Å². The molecule has 10 heteroatoms. The van der Waals surface area contributed by atoms with Crippen LogP contribution in [0, 0.1) is 32.4 Å². The van der Waals surface area contributed by atoms with Crippen LogP contribution in [-0.2, 0) is 4.74 Å². The summed E-state index contributed by atoms with van der Waals surface area (Å²) in [5, 5.41) is 3.86. The quantitative estimate of drug-likeness (QED) is 0.256. The molecule has 0 aliphatic carbocycles. The summed E-state index contributed by atoms with van der Waals surface area (Å²) in [4.78, 5) is 22.2. The minimum absolute atomic E-state index is 0.000958. The van der Waals surface area contributed by atoms with Gasteiger partial charge in [0.2, 0.25) is 0 Å². The highest BCUT2D eigenvalue weighted by atomic mass is 19.1. The molecule has 204 valence electrons. The van der Waals surface area contributed by atoms with E-state index in [1.807, 2.05) is 26.0 Å². The normalized spacial score (nSPS) is 14.1. The molecule has 1 aliphatic rings. The fourth-order valence-electron chi connectivity index (χ4n) is 5.18. The summed E-state index contributed by atoms with van der Waals surface area (Å²) in [6.07, 6.45) is 3.11. The first kappa shape index (κ1) is 25.8. The molecule has 4 heterocycles. The maximum absolute atomic E-state index is 15.0. The van der Waals surface area contributed by atoms with E-state index in [4.69, 9.17) is 18.7 Å². The molecular formula is C30H26F2N4O4. The summed E-state index contributed by atoms with van der Waals surface area (Å²) in [6.45, 7) is 6.69. The lowest BCUT2D eigenvalue weighted by Gasteiger charge is -2.18. The second kappa shape index (κ2) is 10.3. The van der Waals surface area contributed by atoms with E-state index in [9.17, 15) is 13.6 Å². The van der Waals surface area contributed by atoms with Crippen molar-refractivity contribution in [3.05, 3.63) is 93.5 Å². The second-order valence-corrected chi connectivity index (χ2v) is 9.97. The molecule has 0 atom stereocenters. The summed E-state index contributed by atoms with van der Waals surface area (Å²) in [5.74, 6) is 0.112. The molecule has 1 fully saturated rings. The minimum atomic E-state index is -0.761. The van der Waals surface area contributed by atoms with Crippen LogP contribution < -0.4 is 5.56 Å². The number of halogens is 2. The lowest BCUT2D eigenvalue weighted by atomic mass is 10.0. The van der Waals surface area contributed by atoms with E-state index >= 15 is 0 Å². The first-order valence-corrected chi connectivity index (χ1v) is 13.0. The maximum Gasteiger partial charge on any atom is 0.257 e. The zero-order chi connectivity index (χ0) is 28.0. The number of pyridine rings is 1. The Morgan fingerprint density at radius 1 is 0.925 bits per heavy atom. The van der Waals surface area contributed by atoms with Gasteiger partial charge in [0.1, 0.15) is 17.3 Å². The van der Waals surface area contributed by atoms with E-state index in [0.717, 1.165) is 35.6 Å². The minimum Gasteiger partial charge on any atom is -0.440 e. The number of rotatable bonds is 5. The Kier molecular flexibility index (Phi) is 6.63. The number of nitrogens with zero attached hydrogens (tertiary/aromatic N) is 4. The van der Waals surface area contributed by atoms with Gasteiger partial charge in [-0.05, 0) is 75.1 Å². The van der Waals surface area contributed by atoms with Crippen molar-refractivity contribution in [1.82, 2.24) is 19.7 Å². The van der Waals surface area contributed by atoms with Crippen LogP contribution in [0.1, 0.15) is 41.6 Å². The highest BCUT2D eigenvalue weighted by molar-refractivity contribution is 5.77. The third kappa shape index (κ3) is 4.75. The van der Waals surface area contributed by atoms with E-state index < -0.39 is 11.6 Å². The monoisotopic (exact) mass is 544 g/mol. The van der Waals surface area contributed by atoms with Gasteiger partial charge in [0.05, 0.1) is 11.3 Å². The van der Waals surface area contributed by atoms with Crippen molar-refractivity contribution in [3.63, 3.8) is 0 Å².